The number of nitrogens with one attached hydrogen (secondary N) is 3. The Labute approximate surface area is 230 Å². The van der Waals surface area contributed by atoms with Gasteiger partial charge in [-0.05, 0) is 47.3 Å². The number of aliphatic carboxylic acids is 1. The minimum absolute atomic E-state index is 0.0485. The van der Waals surface area contributed by atoms with Gasteiger partial charge in [-0.2, -0.15) is 4.68 Å². The van der Waals surface area contributed by atoms with Gasteiger partial charge in [0.1, 0.15) is 22.6 Å². The van der Waals surface area contributed by atoms with Crippen LogP contribution in [-0.4, -0.2) is 57.0 Å². The van der Waals surface area contributed by atoms with E-state index in [0.29, 0.717) is 22.7 Å². The molecular weight excluding hydrogens is 547 g/mol. The largest absolute Gasteiger partial charge is 0.493 e. The summed E-state index contributed by atoms with van der Waals surface area (Å²) < 4.78 is 26.2. The molecule has 15 heteroatoms. The van der Waals surface area contributed by atoms with Gasteiger partial charge in [0.25, 0.3) is 5.97 Å². The van der Waals surface area contributed by atoms with Gasteiger partial charge in [-0.15, -0.1) is 16.4 Å². The van der Waals surface area contributed by atoms with Gasteiger partial charge in [0, 0.05) is 12.6 Å². The number of nitrogens with zero attached hydrogens (tertiary/aromatic N) is 2. The monoisotopic (exact) mass is 572 g/mol. The van der Waals surface area contributed by atoms with Crippen LogP contribution in [-0.2, 0) is 4.79 Å². The number of hydrogen-bond acceptors (Lipinski definition) is 9. The van der Waals surface area contributed by atoms with Crippen molar-refractivity contribution in [3.8, 4) is 17.2 Å². The number of hydrogen-bond donors (Lipinski definition) is 6. The van der Waals surface area contributed by atoms with Crippen LogP contribution in [0.25, 0.3) is 5.69 Å². The second-order valence-electron chi connectivity index (χ2n) is 7.99. The summed E-state index contributed by atoms with van der Waals surface area (Å²) in [5, 5.41) is 33.4. The van der Waals surface area contributed by atoms with E-state index in [-0.39, 0.29) is 22.0 Å². The van der Waals surface area contributed by atoms with E-state index in [9.17, 15) is 19.1 Å². The van der Waals surface area contributed by atoms with Crippen LogP contribution in [0.1, 0.15) is 39.6 Å². The minimum Gasteiger partial charge on any atom is -0.493 e. The SMILES string of the molecule is CC(=O)O.COc1ccc(C(Nc2ccc(C(=N)N)c(F)c2)c2nn(-c3ccsc3C(=O)O)c(=O)[nH]2)cc1OC. The molecule has 2 heterocycles. The first kappa shape index (κ1) is 29.4. The maximum Gasteiger partial charge on any atom is 0.348 e. The molecule has 4 rings (SSSR count). The molecule has 0 saturated heterocycles. The molecule has 13 nitrogen and oxygen atoms in total. The quantitative estimate of drug-likeness (QED) is 0.128. The van der Waals surface area contributed by atoms with Crippen molar-refractivity contribution in [1.29, 1.82) is 5.41 Å². The molecule has 0 amide bonds. The lowest BCUT2D eigenvalue weighted by Gasteiger charge is -2.20. The Morgan fingerprint density at radius 2 is 1.82 bits per heavy atom. The zero-order chi connectivity index (χ0) is 29.6. The van der Waals surface area contributed by atoms with Crippen molar-refractivity contribution < 1.29 is 33.7 Å². The molecular formula is C25H25FN6O7S. The highest BCUT2D eigenvalue weighted by Gasteiger charge is 2.24. The van der Waals surface area contributed by atoms with E-state index in [1.54, 1.807) is 23.6 Å². The third-order valence-electron chi connectivity index (χ3n) is 5.29. The number of benzene rings is 2. The van der Waals surface area contributed by atoms with Gasteiger partial charge in [0.2, 0.25) is 0 Å². The molecule has 0 aliphatic heterocycles. The van der Waals surface area contributed by atoms with E-state index in [2.05, 4.69) is 15.4 Å². The first-order valence-electron chi connectivity index (χ1n) is 11.3. The molecule has 0 spiro atoms. The van der Waals surface area contributed by atoms with Crippen LogP contribution in [0.3, 0.4) is 0 Å². The van der Waals surface area contributed by atoms with Gasteiger partial charge in [-0.25, -0.2) is 14.0 Å². The van der Waals surface area contributed by atoms with Crippen LogP contribution in [0.2, 0.25) is 0 Å². The molecule has 2 aromatic heterocycles. The number of rotatable bonds is 9. The maximum absolute atomic E-state index is 14.5. The molecule has 0 saturated carbocycles. The number of aromatic nitrogens is 3. The van der Waals surface area contributed by atoms with E-state index in [0.717, 1.165) is 22.9 Å². The number of methoxy groups -OCH3 is 2. The molecule has 210 valence electrons. The second-order valence-corrected chi connectivity index (χ2v) is 8.90. The van der Waals surface area contributed by atoms with Crippen molar-refractivity contribution in [1.82, 2.24) is 14.8 Å². The first-order chi connectivity index (χ1) is 19.0. The van der Waals surface area contributed by atoms with Crippen LogP contribution in [0, 0.1) is 11.2 Å². The summed E-state index contributed by atoms with van der Waals surface area (Å²) >= 11 is 0.964. The van der Waals surface area contributed by atoms with Gasteiger partial charge in [-0.3, -0.25) is 15.2 Å². The van der Waals surface area contributed by atoms with Gasteiger partial charge >= 0.3 is 11.7 Å². The summed E-state index contributed by atoms with van der Waals surface area (Å²) in [5.74, 6) is -2.13. The highest BCUT2D eigenvalue weighted by atomic mass is 32.1. The molecule has 0 fully saturated rings. The van der Waals surface area contributed by atoms with Crippen molar-refractivity contribution in [3.63, 3.8) is 0 Å². The molecule has 7 N–H and O–H groups in total. The number of amidine groups is 1. The highest BCUT2D eigenvalue weighted by molar-refractivity contribution is 7.12. The summed E-state index contributed by atoms with van der Waals surface area (Å²) in [6.45, 7) is 1.08. The number of nitrogens with two attached hydrogens (primary N) is 1. The van der Waals surface area contributed by atoms with E-state index < -0.39 is 35.3 Å². The third-order valence-corrected chi connectivity index (χ3v) is 6.18. The fourth-order valence-electron chi connectivity index (χ4n) is 3.60. The fourth-order valence-corrected chi connectivity index (χ4v) is 4.30. The second kappa shape index (κ2) is 12.6. The lowest BCUT2D eigenvalue weighted by atomic mass is 10.0. The zero-order valence-corrected chi connectivity index (χ0v) is 22.2. The Hall–Kier alpha value is -5.18. The van der Waals surface area contributed by atoms with E-state index >= 15 is 0 Å². The van der Waals surface area contributed by atoms with Crippen molar-refractivity contribution in [2.75, 3.05) is 19.5 Å². The fraction of sp³-hybridized carbons (Fsp3) is 0.160. The Bertz CT molecular complexity index is 1610. The molecule has 40 heavy (non-hydrogen) atoms. The van der Waals surface area contributed by atoms with Crippen LogP contribution in [0.15, 0.2) is 52.6 Å². The number of ether oxygens (including phenoxy) is 2. The number of anilines is 1. The lowest BCUT2D eigenvalue weighted by Crippen LogP contribution is -2.17. The van der Waals surface area contributed by atoms with Gasteiger partial charge < -0.3 is 30.7 Å². The number of carboxylic acid groups (broad SMARTS) is 2. The molecule has 2 aromatic carbocycles. The van der Waals surface area contributed by atoms with Crippen LogP contribution >= 0.6 is 11.3 Å². The minimum atomic E-state index is -1.19. The van der Waals surface area contributed by atoms with Gasteiger partial charge in [0.05, 0.1) is 25.5 Å². The Kier molecular flexibility index (Phi) is 9.24. The zero-order valence-electron chi connectivity index (χ0n) is 21.4. The Morgan fingerprint density at radius 1 is 1.15 bits per heavy atom. The summed E-state index contributed by atoms with van der Waals surface area (Å²) in [7, 11) is 2.97. The summed E-state index contributed by atoms with van der Waals surface area (Å²) in [4.78, 5) is 36.0. The van der Waals surface area contributed by atoms with E-state index in [1.807, 2.05) is 0 Å². The summed E-state index contributed by atoms with van der Waals surface area (Å²) in [5.41, 5.74) is 5.70. The molecule has 0 bridgehead atoms. The van der Waals surface area contributed by atoms with Crippen molar-refractivity contribution >= 4 is 34.8 Å². The normalized spacial score (nSPS) is 11.1. The predicted octanol–water partition coefficient (Wildman–Crippen LogP) is 3.05. The molecule has 0 aliphatic carbocycles. The number of aromatic amines is 1. The van der Waals surface area contributed by atoms with Gasteiger partial charge in [-0.1, -0.05) is 6.07 Å². The molecule has 1 unspecified atom stereocenters. The number of nitrogen functional groups attached to an aromatic ring is 1. The molecule has 4 aromatic rings. The number of halogens is 1. The lowest BCUT2D eigenvalue weighted by molar-refractivity contribution is -0.134. The number of carboxylic acids is 2. The molecule has 0 radical (unpaired) electrons. The van der Waals surface area contributed by atoms with Crippen LogP contribution < -0.4 is 26.2 Å². The number of aromatic carboxylic acids is 1. The number of thiophene rings is 1. The molecule has 0 aliphatic rings. The van der Waals surface area contributed by atoms with Crippen molar-refractivity contribution in [3.05, 3.63) is 86.0 Å². The number of carbonyl (C=O) groups is 2. The topological polar surface area (TPSA) is 206 Å². The smallest absolute Gasteiger partial charge is 0.348 e. The Balaban J connectivity index is 0.00000103. The third kappa shape index (κ3) is 6.63. The number of H-pyrrole nitrogens is 1. The van der Waals surface area contributed by atoms with Crippen LogP contribution in [0.4, 0.5) is 10.1 Å². The maximum atomic E-state index is 14.5. The molecule has 1 atom stereocenters. The summed E-state index contributed by atoms with van der Waals surface area (Å²) in [6.07, 6.45) is 0. The van der Waals surface area contributed by atoms with Gasteiger partial charge in [0.15, 0.2) is 17.3 Å². The van der Waals surface area contributed by atoms with Crippen molar-refractivity contribution in [2.24, 2.45) is 5.73 Å². The average Bonchev–Trinajstić information content (AvgIpc) is 3.53. The van der Waals surface area contributed by atoms with E-state index in [1.165, 1.54) is 38.5 Å². The van der Waals surface area contributed by atoms with E-state index in [4.69, 9.17) is 30.5 Å². The standard InChI is InChI=1S/C23H21FN6O5S.C2H4O2/c1-34-16-6-3-11(9-17(16)35-2)18(27-12-4-5-13(20(25)26)14(24)10-12)21-28-23(33)30(29-21)15-7-8-36-19(15)22(31)32;1-2(3)4/h3-10,18,27H,1-2H3,(H3,25,26)(H,31,32)(H,28,29,33);1H3,(H,3,4). The highest BCUT2D eigenvalue weighted by Crippen LogP contribution is 2.33. The Morgan fingerprint density at radius 3 is 2.40 bits per heavy atom. The first-order valence-corrected chi connectivity index (χ1v) is 12.2. The van der Waals surface area contributed by atoms with Crippen molar-refractivity contribution in [2.45, 2.75) is 13.0 Å². The summed E-state index contributed by atoms with van der Waals surface area (Å²) in [6, 6.07) is 9.76. The predicted molar refractivity (Wildman–Crippen MR) is 145 cm³/mol. The van der Waals surface area contributed by atoms with Crippen LogP contribution in [0.5, 0.6) is 11.5 Å². The average molecular weight is 573 g/mol.